The second kappa shape index (κ2) is 4.09. The topological polar surface area (TPSA) is 37.8 Å². The fraction of sp³-hybridized carbons (Fsp3) is 0.556. The molecule has 1 N–H and O–H groups in total. The quantitative estimate of drug-likeness (QED) is 0.771. The molecule has 0 spiro atoms. The van der Waals surface area contributed by atoms with E-state index in [0.29, 0.717) is 6.04 Å². The molecule has 1 saturated carbocycles. The normalized spacial score (nSPS) is 17.3. The summed E-state index contributed by atoms with van der Waals surface area (Å²) in [5.74, 6) is -0.224. The Hall–Kier alpha value is -0.900. The van der Waals surface area contributed by atoms with Gasteiger partial charge in [0, 0.05) is 6.04 Å². The monoisotopic (exact) mass is 215 g/mol. The SMILES string of the molecule is Fc1cnc(Cl)nc1NC1CCCC1. The highest BCUT2D eigenvalue weighted by Gasteiger charge is 2.17. The first-order chi connectivity index (χ1) is 6.75. The summed E-state index contributed by atoms with van der Waals surface area (Å²) in [5.41, 5.74) is 0. The van der Waals surface area contributed by atoms with Crippen LogP contribution >= 0.6 is 11.6 Å². The standard InChI is InChI=1S/C9H11ClFN3/c10-9-12-5-7(11)8(14-9)13-6-3-1-2-4-6/h5-6H,1-4H2,(H,12,13,14). The molecule has 0 bridgehead atoms. The number of nitrogens with zero attached hydrogens (tertiary/aromatic N) is 2. The van der Waals surface area contributed by atoms with Gasteiger partial charge in [0.15, 0.2) is 11.6 Å². The molecule has 1 fully saturated rings. The maximum absolute atomic E-state index is 13.2. The van der Waals surface area contributed by atoms with E-state index in [1.165, 1.54) is 12.8 Å². The zero-order valence-electron chi connectivity index (χ0n) is 7.63. The van der Waals surface area contributed by atoms with Crippen molar-refractivity contribution < 1.29 is 4.39 Å². The van der Waals surface area contributed by atoms with Crippen molar-refractivity contribution in [3.63, 3.8) is 0 Å². The van der Waals surface area contributed by atoms with Crippen LogP contribution in [0.1, 0.15) is 25.7 Å². The first kappa shape index (κ1) is 9.65. The van der Waals surface area contributed by atoms with Gasteiger partial charge in [-0.3, -0.25) is 0 Å². The Bertz CT molecular complexity index is 326. The van der Waals surface area contributed by atoms with Crippen molar-refractivity contribution >= 4 is 17.4 Å². The van der Waals surface area contributed by atoms with E-state index < -0.39 is 5.82 Å². The van der Waals surface area contributed by atoms with Crippen molar-refractivity contribution in [3.8, 4) is 0 Å². The third-order valence-electron chi connectivity index (χ3n) is 2.41. The molecular formula is C9H11ClFN3. The van der Waals surface area contributed by atoms with Crippen molar-refractivity contribution in [3.05, 3.63) is 17.3 Å². The predicted octanol–water partition coefficient (Wildman–Crippen LogP) is 2.62. The van der Waals surface area contributed by atoms with Crippen LogP contribution in [0.4, 0.5) is 10.2 Å². The molecular weight excluding hydrogens is 205 g/mol. The van der Waals surface area contributed by atoms with Gasteiger partial charge in [0.05, 0.1) is 6.20 Å². The number of halogens is 2. The van der Waals surface area contributed by atoms with Crippen molar-refractivity contribution in [2.75, 3.05) is 5.32 Å². The molecule has 0 radical (unpaired) electrons. The minimum atomic E-state index is -0.443. The van der Waals surface area contributed by atoms with Crippen LogP contribution in [0.3, 0.4) is 0 Å². The Morgan fingerprint density at radius 3 is 2.86 bits per heavy atom. The molecule has 1 aliphatic rings. The number of rotatable bonds is 2. The average molecular weight is 216 g/mol. The minimum Gasteiger partial charge on any atom is -0.365 e. The van der Waals surface area contributed by atoms with Gasteiger partial charge in [0.2, 0.25) is 5.28 Å². The van der Waals surface area contributed by atoms with Gasteiger partial charge in [-0.1, -0.05) is 12.8 Å². The van der Waals surface area contributed by atoms with Crippen molar-refractivity contribution in [2.45, 2.75) is 31.7 Å². The molecule has 0 atom stereocenters. The summed E-state index contributed by atoms with van der Waals surface area (Å²) in [5, 5.41) is 3.12. The molecule has 0 saturated heterocycles. The number of anilines is 1. The van der Waals surface area contributed by atoms with E-state index in [9.17, 15) is 4.39 Å². The second-order valence-corrected chi connectivity index (χ2v) is 3.80. The molecule has 5 heteroatoms. The molecule has 0 amide bonds. The summed E-state index contributed by atoms with van der Waals surface area (Å²) in [6, 6.07) is 0.329. The van der Waals surface area contributed by atoms with Gasteiger partial charge >= 0.3 is 0 Å². The van der Waals surface area contributed by atoms with E-state index in [2.05, 4.69) is 15.3 Å². The molecule has 2 rings (SSSR count). The van der Waals surface area contributed by atoms with Crippen LogP contribution in [0.25, 0.3) is 0 Å². The Morgan fingerprint density at radius 1 is 1.43 bits per heavy atom. The second-order valence-electron chi connectivity index (χ2n) is 3.46. The first-order valence-electron chi connectivity index (χ1n) is 4.70. The fourth-order valence-electron chi connectivity index (χ4n) is 1.71. The third-order valence-corrected chi connectivity index (χ3v) is 2.59. The van der Waals surface area contributed by atoms with Crippen LogP contribution in [0.2, 0.25) is 5.28 Å². The maximum atomic E-state index is 13.2. The minimum absolute atomic E-state index is 0.0758. The number of hydrogen-bond acceptors (Lipinski definition) is 3. The molecule has 1 aromatic heterocycles. The molecule has 14 heavy (non-hydrogen) atoms. The van der Waals surface area contributed by atoms with Crippen molar-refractivity contribution in [1.29, 1.82) is 0 Å². The lowest BCUT2D eigenvalue weighted by Gasteiger charge is -2.12. The summed E-state index contributed by atoms with van der Waals surface area (Å²) in [6.07, 6.45) is 5.62. The molecule has 1 aromatic rings. The largest absolute Gasteiger partial charge is 0.365 e. The molecule has 1 heterocycles. The maximum Gasteiger partial charge on any atom is 0.224 e. The molecule has 0 aliphatic heterocycles. The highest BCUT2D eigenvalue weighted by Crippen LogP contribution is 2.22. The van der Waals surface area contributed by atoms with Crippen LogP contribution < -0.4 is 5.32 Å². The Balaban J connectivity index is 2.10. The van der Waals surface area contributed by atoms with Crippen molar-refractivity contribution in [1.82, 2.24) is 9.97 Å². The van der Waals surface area contributed by atoms with Gasteiger partial charge in [-0.15, -0.1) is 0 Å². The molecule has 1 aliphatic carbocycles. The predicted molar refractivity (Wildman–Crippen MR) is 52.9 cm³/mol. The highest BCUT2D eigenvalue weighted by atomic mass is 35.5. The van der Waals surface area contributed by atoms with Gasteiger partial charge in [-0.25, -0.2) is 9.37 Å². The number of aromatic nitrogens is 2. The van der Waals surface area contributed by atoms with Gasteiger partial charge in [-0.2, -0.15) is 4.98 Å². The average Bonchev–Trinajstić information content (AvgIpc) is 2.64. The van der Waals surface area contributed by atoms with Gasteiger partial charge in [0.25, 0.3) is 0 Å². The zero-order valence-corrected chi connectivity index (χ0v) is 8.39. The third kappa shape index (κ3) is 2.12. The lowest BCUT2D eigenvalue weighted by molar-refractivity contribution is 0.610. The van der Waals surface area contributed by atoms with Crippen LogP contribution in [0.5, 0.6) is 0 Å². The van der Waals surface area contributed by atoms with Gasteiger partial charge in [-0.05, 0) is 24.4 Å². The number of hydrogen-bond donors (Lipinski definition) is 1. The van der Waals surface area contributed by atoms with Crippen LogP contribution in [-0.2, 0) is 0 Å². The van der Waals surface area contributed by atoms with E-state index in [4.69, 9.17) is 11.6 Å². The van der Waals surface area contributed by atoms with E-state index in [1.54, 1.807) is 0 Å². The van der Waals surface area contributed by atoms with Crippen molar-refractivity contribution in [2.24, 2.45) is 0 Å². The highest BCUT2D eigenvalue weighted by molar-refractivity contribution is 6.28. The molecule has 76 valence electrons. The van der Waals surface area contributed by atoms with E-state index in [0.717, 1.165) is 19.0 Å². The fourth-order valence-corrected chi connectivity index (χ4v) is 1.84. The van der Waals surface area contributed by atoms with E-state index >= 15 is 0 Å². The lowest BCUT2D eigenvalue weighted by atomic mass is 10.2. The summed E-state index contributed by atoms with van der Waals surface area (Å²) >= 11 is 5.57. The molecule has 0 aromatic carbocycles. The lowest BCUT2D eigenvalue weighted by Crippen LogP contribution is -2.16. The zero-order chi connectivity index (χ0) is 9.97. The molecule has 3 nitrogen and oxygen atoms in total. The van der Waals surface area contributed by atoms with Gasteiger partial charge < -0.3 is 5.32 Å². The Kier molecular flexibility index (Phi) is 2.82. The Morgan fingerprint density at radius 2 is 2.14 bits per heavy atom. The molecule has 0 unspecified atom stereocenters. The van der Waals surface area contributed by atoms with Gasteiger partial charge in [0.1, 0.15) is 0 Å². The van der Waals surface area contributed by atoms with E-state index in [1.807, 2.05) is 0 Å². The summed E-state index contributed by atoms with van der Waals surface area (Å²) < 4.78 is 13.2. The van der Waals surface area contributed by atoms with Crippen LogP contribution in [-0.4, -0.2) is 16.0 Å². The first-order valence-corrected chi connectivity index (χ1v) is 5.08. The van der Waals surface area contributed by atoms with Crippen LogP contribution in [0.15, 0.2) is 6.20 Å². The summed E-state index contributed by atoms with van der Waals surface area (Å²) in [4.78, 5) is 7.36. The van der Waals surface area contributed by atoms with E-state index in [-0.39, 0.29) is 11.1 Å². The van der Waals surface area contributed by atoms with Crippen LogP contribution in [0, 0.1) is 5.82 Å². The summed E-state index contributed by atoms with van der Waals surface area (Å²) in [7, 11) is 0. The number of nitrogens with one attached hydrogen (secondary N) is 1. The Labute approximate surface area is 86.7 Å². The summed E-state index contributed by atoms with van der Waals surface area (Å²) in [6.45, 7) is 0. The smallest absolute Gasteiger partial charge is 0.224 e.